The number of ether oxygens (including phenoxy) is 1. The van der Waals surface area contributed by atoms with E-state index in [0.29, 0.717) is 12.2 Å². The van der Waals surface area contributed by atoms with Crippen molar-refractivity contribution in [2.45, 2.75) is 12.2 Å². The van der Waals surface area contributed by atoms with Gasteiger partial charge in [-0.2, -0.15) is 0 Å². The molecule has 0 radical (unpaired) electrons. The van der Waals surface area contributed by atoms with Gasteiger partial charge in [-0.3, -0.25) is 15.1 Å². The summed E-state index contributed by atoms with van der Waals surface area (Å²) in [5, 5.41) is 10.6. The minimum absolute atomic E-state index is 0.286. The van der Waals surface area contributed by atoms with Gasteiger partial charge in [0.15, 0.2) is 4.32 Å². The van der Waals surface area contributed by atoms with Gasteiger partial charge in [0.05, 0.1) is 13.7 Å². The summed E-state index contributed by atoms with van der Waals surface area (Å²) >= 11 is 6.12. The Labute approximate surface area is 143 Å². The largest absolute Gasteiger partial charge is 0.497 e. The number of hydrogen-bond donors (Lipinski definition) is 2. The molecule has 0 saturated carbocycles. The molecule has 0 aliphatic carbocycles. The molecule has 7 heteroatoms. The second kappa shape index (κ2) is 8.14. The van der Waals surface area contributed by atoms with E-state index in [1.807, 2.05) is 37.3 Å². The van der Waals surface area contributed by atoms with Crippen LogP contribution >= 0.6 is 24.0 Å². The first-order valence-electron chi connectivity index (χ1n) is 6.94. The molecule has 2 aromatic carbocycles. The number of nitrogens with one attached hydrogen (secondary N) is 1. The molecule has 0 aliphatic heterocycles. The molecule has 5 nitrogen and oxygen atoms in total. The molecule has 2 rings (SSSR count). The Kier molecular flexibility index (Phi) is 6.20. The number of hydroxylamine groups is 1. The Bertz CT molecular complexity index is 720. The molecule has 0 spiro atoms. The monoisotopic (exact) mass is 351 g/mol. The van der Waals surface area contributed by atoms with Crippen LogP contribution in [0, 0.1) is 0 Å². The van der Waals surface area contributed by atoms with Crippen LogP contribution in [0.1, 0.15) is 17.7 Å². The highest BCUT2D eigenvalue weighted by atomic mass is 32.2. The van der Waals surface area contributed by atoms with Crippen LogP contribution < -0.4 is 10.2 Å². The summed E-state index contributed by atoms with van der Waals surface area (Å²) in [6.45, 7) is 2.25. The van der Waals surface area contributed by atoms with Gasteiger partial charge in [-0.05, 0) is 41.5 Å². The number of carboxylic acid groups (broad SMARTS) is 1. The van der Waals surface area contributed by atoms with Gasteiger partial charge in [-0.1, -0.05) is 42.2 Å². The third-order valence-corrected chi connectivity index (χ3v) is 4.50. The van der Waals surface area contributed by atoms with Gasteiger partial charge < -0.3 is 9.84 Å². The van der Waals surface area contributed by atoms with E-state index in [2.05, 4.69) is 5.48 Å². The maximum atomic E-state index is 11.6. The average Bonchev–Trinajstić information content (AvgIpc) is 2.56. The van der Waals surface area contributed by atoms with Crippen LogP contribution in [0.4, 0.5) is 0 Å². The highest BCUT2D eigenvalue weighted by Gasteiger charge is 2.23. The summed E-state index contributed by atoms with van der Waals surface area (Å²) in [7, 11) is 1.61. The fourth-order valence-electron chi connectivity index (χ4n) is 2.06. The van der Waals surface area contributed by atoms with Crippen LogP contribution in [0.3, 0.4) is 0 Å². The average molecular weight is 351 g/mol. The van der Waals surface area contributed by atoms with Crippen molar-refractivity contribution in [2.24, 2.45) is 0 Å². The molecule has 0 heterocycles. The molecule has 2 aromatic rings. The van der Waals surface area contributed by atoms with E-state index in [9.17, 15) is 9.90 Å². The molecular formula is C16H17NO4S2. The van der Waals surface area contributed by atoms with Crippen LogP contribution in [-0.4, -0.2) is 29.1 Å². The first kappa shape index (κ1) is 17.5. The fraction of sp³-hybridized carbons (Fsp3) is 0.250. The van der Waals surface area contributed by atoms with Crippen molar-refractivity contribution in [3.8, 4) is 5.75 Å². The lowest BCUT2D eigenvalue weighted by Gasteiger charge is -2.14. The van der Waals surface area contributed by atoms with Crippen LogP contribution in [0.15, 0.2) is 36.4 Å². The number of thiocarbonyl (C=S) groups is 1. The number of carbonyl (C=O) groups is 1. The first-order valence-corrected chi connectivity index (χ1v) is 8.23. The zero-order chi connectivity index (χ0) is 16.8. The Balaban J connectivity index is 2.26. The van der Waals surface area contributed by atoms with E-state index >= 15 is 0 Å². The Morgan fingerprint density at radius 3 is 2.65 bits per heavy atom. The molecule has 0 aromatic heterocycles. The molecule has 2 N–H and O–H groups in total. The summed E-state index contributed by atoms with van der Waals surface area (Å²) < 4.78 is 5.48. The highest BCUT2D eigenvalue weighted by Crippen LogP contribution is 2.32. The summed E-state index contributed by atoms with van der Waals surface area (Å²) in [6.07, 6.45) is 0. The van der Waals surface area contributed by atoms with E-state index in [0.717, 1.165) is 28.3 Å². The maximum absolute atomic E-state index is 11.6. The van der Waals surface area contributed by atoms with Crippen LogP contribution in [0.25, 0.3) is 10.8 Å². The third kappa shape index (κ3) is 4.57. The van der Waals surface area contributed by atoms with Gasteiger partial charge in [0, 0.05) is 0 Å². The SMILES string of the molecule is CCONC(=S)SC(C(=O)O)c1ccc2cc(OC)ccc2c1. The number of benzene rings is 2. The van der Waals surface area contributed by atoms with E-state index in [4.69, 9.17) is 21.8 Å². The number of rotatable bonds is 6. The van der Waals surface area contributed by atoms with E-state index in [-0.39, 0.29) is 4.32 Å². The van der Waals surface area contributed by atoms with Gasteiger partial charge in [0.2, 0.25) is 0 Å². The van der Waals surface area contributed by atoms with Crippen molar-refractivity contribution in [1.82, 2.24) is 5.48 Å². The van der Waals surface area contributed by atoms with Gasteiger partial charge in [-0.25, -0.2) is 0 Å². The predicted molar refractivity (Wildman–Crippen MR) is 95.8 cm³/mol. The van der Waals surface area contributed by atoms with Crippen molar-refractivity contribution in [3.63, 3.8) is 0 Å². The van der Waals surface area contributed by atoms with Gasteiger partial charge in [0.25, 0.3) is 0 Å². The zero-order valence-corrected chi connectivity index (χ0v) is 14.4. The minimum atomic E-state index is -0.955. The van der Waals surface area contributed by atoms with Crippen LogP contribution in [0.5, 0.6) is 5.75 Å². The Morgan fingerprint density at radius 1 is 1.30 bits per heavy atom. The smallest absolute Gasteiger partial charge is 0.321 e. The summed E-state index contributed by atoms with van der Waals surface area (Å²) in [4.78, 5) is 16.6. The third-order valence-electron chi connectivity index (χ3n) is 3.12. The lowest BCUT2D eigenvalue weighted by atomic mass is 10.0. The fourth-order valence-corrected chi connectivity index (χ4v) is 3.11. The lowest BCUT2D eigenvalue weighted by Crippen LogP contribution is -2.21. The molecule has 0 amide bonds. The molecule has 23 heavy (non-hydrogen) atoms. The standard InChI is InChI=1S/C16H17NO4S2/c1-3-21-17-16(22)23-14(15(18)19)12-5-4-11-9-13(20-2)7-6-10(11)8-12/h4-9,14H,3H2,1-2H3,(H,17,22)(H,18,19). The van der Waals surface area contributed by atoms with E-state index in [1.54, 1.807) is 13.2 Å². The molecule has 0 fully saturated rings. The molecule has 0 aliphatic rings. The summed E-state index contributed by atoms with van der Waals surface area (Å²) in [5.74, 6) is -0.194. The van der Waals surface area contributed by atoms with Crippen molar-refractivity contribution in [1.29, 1.82) is 0 Å². The first-order chi connectivity index (χ1) is 11.0. The molecule has 0 bridgehead atoms. The van der Waals surface area contributed by atoms with Crippen molar-refractivity contribution < 1.29 is 19.5 Å². The summed E-state index contributed by atoms with van der Waals surface area (Å²) in [5.41, 5.74) is 3.22. The number of fused-ring (bicyclic) bond motifs is 1. The molecule has 1 atom stereocenters. The molecule has 1 unspecified atom stereocenters. The van der Waals surface area contributed by atoms with Crippen molar-refractivity contribution in [2.75, 3.05) is 13.7 Å². The van der Waals surface area contributed by atoms with Crippen LogP contribution in [0.2, 0.25) is 0 Å². The maximum Gasteiger partial charge on any atom is 0.321 e. The molecule has 122 valence electrons. The number of methoxy groups -OCH3 is 1. The van der Waals surface area contributed by atoms with Gasteiger partial charge in [0.1, 0.15) is 11.0 Å². The molecular weight excluding hydrogens is 334 g/mol. The second-order valence-electron chi connectivity index (χ2n) is 4.63. The minimum Gasteiger partial charge on any atom is -0.497 e. The van der Waals surface area contributed by atoms with Crippen molar-refractivity contribution >= 4 is 45.0 Å². The number of thioether (sulfide) groups is 1. The van der Waals surface area contributed by atoms with Crippen molar-refractivity contribution in [3.05, 3.63) is 42.0 Å². The Hall–Kier alpha value is -1.83. The van der Waals surface area contributed by atoms with Gasteiger partial charge in [-0.15, -0.1) is 0 Å². The normalized spacial score (nSPS) is 11.9. The summed E-state index contributed by atoms with van der Waals surface area (Å²) in [6, 6.07) is 11.2. The lowest BCUT2D eigenvalue weighted by molar-refractivity contribution is -0.136. The number of carboxylic acids is 1. The highest BCUT2D eigenvalue weighted by molar-refractivity contribution is 8.23. The predicted octanol–water partition coefficient (Wildman–Crippen LogP) is 3.53. The Morgan fingerprint density at radius 2 is 2.00 bits per heavy atom. The quantitative estimate of drug-likeness (QED) is 0.609. The topological polar surface area (TPSA) is 67.8 Å². The van der Waals surface area contributed by atoms with Gasteiger partial charge >= 0.3 is 5.97 Å². The second-order valence-corrected chi connectivity index (χ2v) is 6.41. The number of aliphatic carboxylic acids is 1. The van der Waals surface area contributed by atoms with E-state index in [1.165, 1.54) is 0 Å². The zero-order valence-electron chi connectivity index (χ0n) is 12.7. The van der Waals surface area contributed by atoms with E-state index < -0.39 is 11.2 Å². The van der Waals surface area contributed by atoms with Crippen LogP contribution in [-0.2, 0) is 9.63 Å². The molecule has 0 saturated heterocycles. The number of hydrogen-bond acceptors (Lipinski definition) is 5.